The van der Waals surface area contributed by atoms with Gasteiger partial charge in [0.25, 0.3) is 5.91 Å². The molecule has 0 saturated heterocycles. The molecule has 0 spiro atoms. The van der Waals surface area contributed by atoms with Crippen molar-refractivity contribution in [3.8, 4) is 11.8 Å². The van der Waals surface area contributed by atoms with E-state index in [4.69, 9.17) is 27.9 Å². The Kier molecular flexibility index (Phi) is 6.61. The number of para-hydroxylation sites is 1. The SMILES string of the molecule is N#C/C(=C\c1ccccc1OCC(=O)[O-])C(=O)Nc1cccc(Cl)c1Cl. The van der Waals surface area contributed by atoms with Crippen molar-refractivity contribution in [2.24, 2.45) is 0 Å². The molecule has 0 atom stereocenters. The van der Waals surface area contributed by atoms with Crippen LogP contribution in [0, 0.1) is 11.3 Å². The van der Waals surface area contributed by atoms with Crippen molar-refractivity contribution >= 4 is 46.8 Å². The van der Waals surface area contributed by atoms with E-state index in [0.717, 1.165) is 0 Å². The Balaban J connectivity index is 2.28. The van der Waals surface area contributed by atoms with Gasteiger partial charge in [0.15, 0.2) is 0 Å². The molecule has 132 valence electrons. The van der Waals surface area contributed by atoms with Crippen LogP contribution in [-0.2, 0) is 9.59 Å². The minimum absolute atomic E-state index is 0.150. The fraction of sp³-hybridized carbons (Fsp3) is 0.0556. The number of nitriles is 1. The highest BCUT2D eigenvalue weighted by Gasteiger charge is 2.14. The van der Waals surface area contributed by atoms with Gasteiger partial charge >= 0.3 is 0 Å². The molecule has 0 aliphatic carbocycles. The second-order valence-electron chi connectivity index (χ2n) is 4.92. The zero-order valence-electron chi connectivity index (χ0n) is 13.2. The summed E-state index contributed by atoms with van der Waals surface area (Å²) in [5.74, 6) is -1.90. The molecule has 2 aromatic carbocycles. The number of carbonyl (C=O) groups excluding carboxylic acids is 2. The third kappa shape index (κ3) is 4.99. The number of carboxylic acid groups (broad SMARTS) is 1. The quantitative estimate of drug-likeness (QED) is 0.604. The molecule has 0 heterocycles. The molecule has 0 aliphatic rings. The molecule has 0 aromatic heterocycles. The molecule has 0 fully saturated rings. The van der Waals surface area contributed by atoms with E-state index in [9.17, 15) is 20.0 Å². The summed E-state index contributed by atoms with van der Waals surface area (Å²) in [6, 6.07) is 12.8. The van der Waals surface area contributed by atoms with Gasteiger partial charge in [-0.25, -0.2) is 0 Å². The van der Waals surface area contributed by atoms with Crippen molar-refractivity contribution in [3.05, 3.63) is 63.6 Å². The number of rotatable bonds is 6. The minimum Gasteiger partial charge on any atom is -0.546 e. The van der Waals surface area contributed by atoms with Gasteiger partial charge in [0.1, 0.15) is 24.0 Å². The molecule has 0 bridgehead atoms. The Bertz CT molecular complexity index is 920. The van der Waals surface area contributed by atoms with Gasteiger partial charge in [-0.05, 0) is 24.3 Å². The van der Waals surface area contributed by atoms with E-state index in [-0.39, 0.29) is 27.1 Å². The Hall–Kier alpha value is -3.01. The van der Waals surface area contributed by atoms with E-state index in [0.29, 0.717) is 5.56 Å². The summed E-state index contributed by atoms with van der Waals surface area (Å²) in [6.45, 7) is -0.656. The van der Waals surface area contributed by atoms with Gasteiger partial charge in [-0.1, -0.05) is 47.5 Å². The normalized spacial score (nSPS) is 10.7. The van der Waals surface area contributed by atoms with Gasteiger partial charge in [-0.3, -0.25) is 4.79 Å². The van der Waals surface area contributed by atoms with Gasteiger partial charge in [0.05, 0.1) is 21.7 Å². The van der Waals surface area contributed by atoms with E-state index >= 15 is 0 Å². The molecule has 1 N–H and O–H groups in total. The first-order valence-electron chi connectivity index (χ1n) is 7.21. The smallest absolute Gasteiger partial charge is 0.266 e. The van der Waals surface area contributed by atoms with Crippen molar-refractivity contribution in [2.75, 3.05) is 11.9 Å². The van der Waals surface area contributed by atoms with Gasteiger partial charge < -0.3 is 20.0 Å². The number of carbonyl (C=O) groups is 2. The zero-order chi connectivity index (χ0) is 19.1. The van der Waals surface area contributed by atoms with Gasteiger partial charge in [0.2, 0.25) is 0 Å². The van der Waals surface area contributed by atoms with Crippen LogP contribution in [0.1, 0.15) is 5.56 Å². The lowest BCUT2D eigenvalue weighted by atomic mass is 10.1. The number of hydrogen-bond acceptors (Lipinski definition) is 5. The number of benzene rings is 2. The van der Waals surface area contributed by atoms with Gasteiger partial charge in [-0.2, -0.15) is 5.26 Å². The zero-order valence-corrected chi connectivity index (χ0v) is 14.7. The van der Waals surface area contributed by atoms with Crippen molar-refractivity contribution < 1.29 is 19.4 Å². The molecule has 6 nitrogen and oxygen atoms in total. The van der Waals surface area contributed by atoms with Crippen LogP contribution in [0.2, 0.25) is 10.0 Å². The first kappa shape index (κ1) is 19.3. The molecule has 26 heavy (non-hydrogen) atoms. The lowest BCUT2D eigenvalue weighted by Gasteiger charge is -2.10. The summed E-state index contributed by atoms with van der Waals surface area (Å²) in [5, 5.41) is 22.7. The predicted octanol–water partition coefficient (Wildman–Crippen LogP) is 2.67. The topological polar surface area (TPSA) is 102 Å². The lowest BCUT2D eigenvalue weighted by molar-refractivity contribution is -0.307. The highest BCUT2D eigenvalue weighted by Crippen LogP contribution is 2.30. The molecule has 2 aromatic rings. The number of anilines is 1. The largest absolute Gasteiger partial charge is 0.546 e. The molecule has 0 unspecified atom stereocenters. The van der Waals surface area contributed by atoms with Crippen LogP contribution in [-0.4, -0.2) is 18.5 Å². The van der Waals surface area contributed by atoms with Gasteiger partial charge in [-0.15, -0.1) is 0 Å². The predicted molar refractivity (Wildman–Crippen MR) is 95.6 cm³/mol. The monoisotopic (exact) mass is 389 g/mol. The molecule has 1 amide bonds. The van der Waals surface area contributed by atoms with E-state index in [2.05, 4.69) is 5.32 Å². The number of ether oxygens (including phenoxy) is 1. The number of nitrogens with zero attached hydrogens (tertiary/aromatic N) is 1. The fourth-order valence-corrected chi connectivity index (χ4v) is 2.31. The van der Waals surface area contributed by atoms with Crippen LogP contribution in [0.5, 0.6) is 5.75 Å². The standard InChI is InChI=1S/C18H12Cl2N2O4/c19-13-5-3-6-14(17(13)20)22-18(25)12(9-21)8-11-4-1-2-7-15(11)26-10-16(23)24/h1-8H,10H2,(H,22,25)(H,23,24)/p-1/b12-8+. The highest BCUT2D eigenvalue weighted by atomic mass is 35.5. The number of amides is 1. The molecule has 8 heteroatoms. The average Bonchev–Trinajstić information content (AvgIpc) is 2.62. The third-order valence-electron chi connectivity index (χ3n) is 3.13. The summed E-state index contributed by atoms with van der Waals surface area (Å²) in [7, 11) is 0. The number of carboxylic acids is 1. The van der Waals surface area contributed by atoms with Crippen molar-refractivity contribution in [1.82, 2.24) is 0 Å². The highest BCUT2D eigenvalue weighted by molar-refractivity contribution is 6.44. The molecule has 0 saturated carbocycles. The maximum atomic E-state index is 12.3. The van der Waals surface area contributed by atoms with Crippen LogP contribution in [0.15, 0.2) is 48.0 Å². The van der Waals surface area contributed by atoms with Crippen molar-refractivity contribution in [3.63, 3.8) is 0 Å². The van der Waals surface area contributed by atoms with Crippen molar-refractivity contribution in [2.45, 2.75) is 0 Å². The summed E-state index contributed by atoms with van der Waals surface area (Å²) >= 11 is 11.9. The molecule has 0 radical (unpaired) electrons. The Morgan fingerprint density at radius 3 is 2.62 bits per heavy atom. The second-order valence-corrected chi connectivity index (χ2v) is 5.71. The summed E-state index contributed by atoms with van der Waals surface area (Å²) < 4.78 is 5.09. The van der Waals surface area contributed by atoms with Gasteiger partial charge in [0, 0.05) is 5.56 Å². The summed E-state index contributed by atoms with van der Waals surface area (Å²) in [5.41, 5.74) is 0.384. The number of nitrogens with one attached hydrogen (secondary N) is 1. The lowest BCUT2D eigenvalue weighted by Crippen LogP contribution is -2.29. The number of aliphatic carboxylic acids is 1. The van der Waals surface area contributed by atoms with E-state index in [1.807, 2.05) is 0 Å². The van der Waals surface area contributed by atoms with Crippen molar-refractivity contribution in [1.29, 1.82) is 5.26 Å². The fourth-order valence-electron chi connectivity index (χ4n) is 1.96. The van der Waals surface area contributed by atoms with Crippen LogP contribution in [0.25, 0.3) is 6.08 Å². The van der Waals surface area contributed by atoms with Crippen LogP contribution in [0.3, 0.4) is 0 Å². The van der Waals surface area contributed by atoms with Crippen LogP contribution >= 0.6 is 23.2 Å². The Labute approximate surface area is 159 Å². The molecule has 2 rings (SSSR count). The number of hydrogen-bond donors (Lipinski definition) is 1. The number of halogens is 2. The third-order valence-corrected chi connectivity index (χ3v) is 3.95. The Morgan fingerprint density at radius 2 is 1.92 bits per heavy atom. The van der Waals surface area contributed by atoms with E-state index in [1.165, 1.54) is 18.2 Å². The van der Waals surface area contributed by atoms with Crippen LogP contribution < -0.4 is 15.2 Å². The second kappa shape index (κ2) is 8.90. The Morgan fingerprint density at radius 1 is 1.19 bits per heavy atom. The van der Waals surface area contributed by atoms with Crippen LogP contribution in [0.4, 0.5) is 5.69 Å². The maximum absolute atomic E-state index is 12.3. The maximum Gasteiger partial charge on any atom is 0.266 e. The summed E-state index contributed by atoms with van der Waals surface area (Å²) in [4.78, 5) is 22.9. The first-order valence-corrected chi connectivity index (χ1v) is 7.96. The minimum atomic E-state index is -1.39. The van der Waals surface area contributed by atoms with E-state index < -0.39 is 18.5 Å². The average molecular weight is 390 g/mol. The molecular weight excluding hydrogens is 379 g/mol. The first-order chi connectivity index (χ1) is 12.4. The molecule has 0 aliphatic heterocycles. The molecular formula is C18H11Cl2N2O4-. The van der Waals surface area contributed by atoms with E-state index in [1.54, 1.807) is 36.4 Å². The summed E-state index contributed by atoms with van der Waals surface area (Å²) in [6.07, 6.45) is 1.28.